The quantitative estimate of drug-likeness (QED) is 0.626. The molecule has 0 saturated heterocycles. The second kappa shape index (κ2) is 6.89. The summed E-state index contributed by atoms with van der Waals surface area (Å²) in [5, 5.41) is 13.5. The predicted octanol–water partition coefficient (Wildman–Crippen LogP) is 3.56. The first-order valence-corrected chi connectivity index (χ1v) is 11.0. The van der Waals surface area contributed by atoms with E-state index in [1.807, 2.05) is 12.3 Å². The smallest absolute Gasteiger partial charge is 0.336 e. The van der Waals surface area contributed by atoms with Crippen molar-refractivity contribution in [1.82, 2.24) is 9.78 Å². The van der Waals surface area contributed by atoms with Crippen molar-refractivity contribution in [3.63, 3.8) is 0 Å². The molecule has 1 aromatic carbocycles. The third-order valence-corrected chi connectivity index (χ3v) is 5.03. The lowest BCUT2D eigenvalue weighted by molar-refractivity contribution is 0.0697. The van der Waals surface area contributed by atoms with Crippen LogP contribution in [0.15, 0.2) is 36.7 Å². The number of ether oxygens (including phenoxy) is 1. The van der Waals surface area contributed by atoms with Gasteiger partial charge >= 0.3 is 5.97 Å². The van der Waals surface area contributed by atoms with Crippen LogP contribution in [-0.4, -0.2) is 35.5 Å². The highest BCUT2D eigenvalue weighted by Crippen LogP contribution is 2.23. The number of rotatable bonds is 7. The van der Waals surface area contributed by atoms with Crippen molar-refractivity contribution >= 4 is 14.0 Å². The van der Waals surface area contributed by atoms with Gasteiger partial charge in [-0.25, -0.2) is 9.48 Å². The Kier molecular flexibility index (Phi) is 5.15. The van der Waals surface area contributed by atoms with Gasteiger partial charge in [0.25, 0.3) is 0 Å². The second-order valence-electron chi connectivity index (χ2n) is 6.47. The lowest BCUT2D eigenvalue weighted by Gasteiger charge is -2.15. The van der Waals surface area contributed by atoms with Crippen LogP contribution in [0.2, 0.25) is 25.7 Å². The van der Waals surface area contributed by atoms with E-state index in [-0.39, 0.29) is 5.56 Å². The van der Waals surface area contributed by atoms with Gasteiger partial charge in [-0.2, -0.15) is 5.10 Å². The highest BCUT2D eigenvalue weighted by molar-refractivity contribution is 6.76. The zero-order valence-electron chi connectivity index (χ0n) is 13.2. The Bertz CT molecular complexity index is 647. The molecule has 0 unspecified atom stereocenters. The summed E-state index contributed by atoms with van der Waals surface area (Å²) in [6.07, 6.45) is 3.49. The molecule has 1 aromatic heterocycles. The number of hydrogen-bond acceptors (Lipinski definition) is 3. The minimum absolute atomic E-state index is 0.279. The SMILES string of the molecule is C[Si](C)(C)CCOCn1cc(-c2ccccc2C(=O)O)cn1. The van der Waals surface area contributed by atoms with E-state index < -0.39 is 14.0 Å². The van der Waals surface area contributed by atoms with Crippen molar-refractivity contribution in [2.45, 2.75) is 32.4 Å². The number of nitrogens with zero attached hydrogens (tertiary/aromatic N) is 2. The van der Waals surface area contributed by atoms with Gasteiger partial charge in [-0.05, 0) is 17.7 Å². The van der Waals surface area contributed by atoms with Crippen molar-refractivity contribution in [2.24, 2.45) is 0 Å². The van der Waals surface area contributed by atoms with Crippen LogP contribution in [0, 0.1) is 0 Å². The van der Waals surface area contributed by atoms with E-state index >= 15 is 0 Å². The van der Waals surface area contributed by atoms with Crippen LogP contribution < -0.4 is 0 Å². The number of carboxylic acid groups (broad SMARTS) is 1. The molecule has 0 fully saturated rings. The topological polar surface area (TPSA) is 64.3 Å². The Balaban J connectivity index is 2.02. The molecule has 0 aliphatic carbocycles. The summed E-state index contributed by atoms with van der Waals surface area (Å²) in [4.78, 5) is 11.3. The molecule has 1 N–H and O–H groups in total. The van der Waals surface area contributed by atoms with Gasteiger partial charge in [-0.3, -0.25) is 0 Å². The molecule has 0 saturated carbocycles. The summed E-state index contributed by atoms with van der Waals surface area (Å²) >= 11 is 0. The molecule has 0 amide bonds. The molecule has 118 valence electrons. The molecule has 2 aromatic rings. The molecule has 0 atom stereocenters. The second-order valence-corrected chi connectivity index (χ2v) is 12.1. The minimum Gasteiger partial charge on any atom is -0.478 e. The molecule has 5 nitrogen and oxygen atoms in total. The van der Waals surface area contributed by atoms with E-state index in [4.69, 9.17) is 4.74 Å². The molecule has 22 heavy (non-hydrogen) atoms. The fourth-order valence-corrected chi connectivity index (χ4v) is 2.79. The highest BCUT2D eigenvalue weighted by Gasteiger charge is 2.13. The van der Waals surface area contributed by atoms with Crippen molar-refractivity contribution in [3.05, 3.63) is 42.2 Å². The average Bonchev–Trinajstić information content (AvgIpc) is 2.91. The molecule has 0 bridgehead atoms. The molecule has 0 radical (unpaired) electrons. The van der Waals surface area contributed by atoms with E-state index in [0.717, 1.165) is 18.2 Å². The maximum atomic E-state index is 11.3. The van der Waals surface area contributed by atoms with Crippen LogP contribution in [0.3, 0.4) is 0 Å². The molecule has 0 aliphatic heterocycles. The summed E-state index contributed by atoms with van der Waals surface area (Å²) in [5.74, 6) is -0.935. The van der Waals surface area contributed by atoms with E-state index in [9.17, 15) is 9.90 Å². The Labute approximate surface area is 131 Å². The monoisotopic (exact) mass is 318 g/mol. The molecule has 0 spiro atoms. The highest BCUT2D eigenvalue weighted by atomic mass is 28.3. The molecule has 1 heterocycles. The number of carboxylic acids is 1. The maximum absolute atomic E-state index is 11.3. The van der Waals surface area contributed by atoms with Gasteiger partial charge in [0.2, 0.25) is 0 Å². The van der Waals surface area contributed by atoms with Crippen molar-refractivity contribution in [3.8, 4) is 11.1 Å². The van der Waals surface area contributed by atoms with Crippen LogP contribution in [-0.2, 0) is 11.5 Å². The molecular weight excluding hydrogens is 296 g/mol. The normalized spacial score (nSPS) is 11.6. The van der Waals surface area contributed by atoms with E-state index in [2.05, 4.69) is 24.7 Å². The summed E-state index contributed by atoms with van der Waals surface area (Å²) in [6, 6.07) is 8.04. The summed E-state index contributed by atoms with van der Waals surface area (Å²) < 4.78 is 7.33. The molecular formula is C16H22N2O3Si. The van der Waals surface area contributed by atoms with Gasteiger partial charge in [0.15, 0.2) is 0 Å². The Hall–Kier alpha value is -1.92. The predicted molar refractivity (Wildman–Crippen MR) is 88.7 cm³/mol. The van der Waals surface area contributed by atoms with Gasteiger partial charge in [-0.15, -0.1) is 0 Å². The average molecular weight is 318 g/mol. The van der Waals surface area contributed by atoms with Crippen LogP contribution in [0.4, 0.5) is 0 Å². The Morgan fingerprint density at radius 1 is 1.32 bits per heavy atom. The van der Waals surface area contributed by atoms with Crippen molar-refractivity contribution in [2.75, 3.05) is 6.61 Å². The summed E-state index contributed by atoms with van der Waals surface area (Å²) in [5.41, 5.74) is 1.73. The zero-order chi connectivity index (χ0) is 16.2. The number of aromatic carboxylic acids is 1. The van der Waals surface area contributed by atoms with Gasteiger partial charge in [-0.1, -0.05) is 37.8 Å². The van der Waals surface area contributed by atoms with Gasteiger partial charge in [0, 0.05) is 26.4 Å². The lowest BCUT2D eigenvalue weighted by Crippen LogP contribution is -2.22. The maximum Gasteiger partial charge on any atom is 0.336 e. The number of aromatic nitrogens is 2. The van der Waals surface area contributed by atoms with E-state index in [1.165, 1.54) is 0 Å². The fraction of sp³-hybridized carbons (Fsp3) is 0.375. The minimum atomic E-state index is -1.08. The largest absolute Gasteiger partial charge is 0.478 e. The number of hydrogen-bond donors (Lipinski definition) is 1. The van der Waals surface area contributed by atoms with Crippen molar-refractivity contribution < 1.29 is 14.6 Å². The van der Waals surface area contributed by atoms with Crippen LogP contribution in [0.25, 0.3) is 11.1 Å². The standard InChI is InChI=1S/C16H22N2O3Si/c1-22(2,3)9-8-21-12-18-11-13(10-17-18)14-6-4-5-7-15(14)16(19)20/h4-7,10-11H,8-9,12H2,1-3H3,(H,19,20). The van der Waals surface area contributed by atoms with Crippen LogP contribution in [0.1, 0.15) is 10.4 Å². The van der Waals surface area contributed by atoms with Gasteiger partial charge in [0.1, 0.15) is 6.73 Å². The first-order chi connectivity index (χ1) is 10.4. The van der Waals surface area contributed by atoms with Gasteiger partial charge in [0.05, 0.1) is 11.8 Å². The van der Waals surface area contributed by atoms with Crippen LogP contribution in [0.5, 0.6) is 0 Å². The molecule has 0 aliphatic rings. The van der Waals surface area contributed by atoms with E-state index in [0.29, 0.717) is 12.3 Å². The third kappa shape index (κ3) is 4.54. The Morgan fingerprint density at radius 2 is 2.05 bits per heavy atom. The Morgan fingerprint density at radius 3 is 2.73 bits per heavy atom. The fourth-order valence-electron chi connectivity index (χ4n) is 2.03. The first-order valence-electron chi connectivity index (χ1n) is 7.30. The van der Waals surface area contributed by atoms with Gasteiger partial charge < -0.3 is 9.84 Å². The number of benzene rings is 1. The number of carbonyl (C=O) groups is 1. The van der Waals surface area contributed by atoms with E-state index in [1.54, 1.807) is 29.1 Å². The van der Waals surface area contributed by atoms with Crippen LogP contribution >= 0.6 is 0 Å². The summed E-state index contributed by atoms with van der Waals surface area (Å²) in [7, 11) is -1.08. The summed E-state index contributed by atoms with van der Waals surface area (Å²) in [6.45, 7) is 8.05. The molecule has 2 rings (SSSR count). The third-order valence-electron chi connectivity index (χ3n) is 3.32. The zero-order valence-corrected chi connectivity index (χ0v) is 14.2. The molecule has 6 heteroatoms. The van der Waals surface area contributed by atoms with Crippen molar-refractivity contribution in [1.29, 1.82) is 0 Å². The first kappa shape index (κ1) is 16.4. The lowest BCUT2D eigenvalue weighted by atomic mass is 10.0.